The maximum Gasteiger partial charge on any atom is 0.115 e. The summed E-state index contributed by atoms with van der Waals surface area (Å²) < 4.78 is 0. The molecule has 20 heavy (non-hydrogen) atoms. The van der Waals surface area contributed by atoms with Gasteiger partial charge in [-0.1, -0.05) is 30.3 Å². The average molecular weight is 267 g/mol. The molecule has 0 amide bonds. The molecule has 2 unspecified atom stereocenters. The molecule has 1 heterocycles. The van der Waals surface area contributed by atoms with Crippen molar-refractivity contribution >= 4 is 5.69 Å². The third-order valence-electron chi connectivity index (χ3n) is 4.35. The van der Waals surface area contributed by atoms with E-state index >= 15 is 0 Å². The lowest BCUT2D eigenvalue weighted by Crippen LogP contribution is -2.39. The molecule has 0 saturated heterocycles. The molecular formula is C18H21NO. The van der Waals surface area contributed by atoms with Gasteiger partial charge in [-0.2, -0.15) is 0 Å². The Morgan fingerprint density at radius 2 is 1.95 bits per heavy atom. The standard InChI is InChI=1S/C18H21NO/c1-13-10-11-15-6-3-4-9-18(15)19(13)14(2)16-7-5-8-17(20)12-16/h3-9,12-14,20H,10-11H2,1-2H3. The van der Waals surface area contributed by atoms with E-state index in [1.54, 1.807) is 6.07 Å². The van der Waals surface area contributed by atoms with Gasteiger partial charge in [0.25, 0.3) is 0 Å². The van der Waals surface area contributed by atoms with E-state index in [4.69, 9.17) is 0 Å². The lowest BCUT2D eigenvalue weighted by molar-refractivity contribution is 0.471. The zero-order chi connectivity index (χ0) is 14.1. The molecular weight excluding hydrogens is 246 g/mol. The highest BCUT2D eigenvalue weighted by atomic mass is 16.3. The number of phenols is 1. The third kappa shape index (κ3) is 2.26. The smallest absolute Gasteiger partial charge is 0.115 e. The molecule has 0 aliphatic carbocycles. The highest BCUT2D eigenvalue weighted by Gasteiger charge is 2.27. The Morgan fingerprint density at radius 1 is 1.15 bits per heavy atom. The number of anilines is 1. The molecule has 0 bridgehead atoms. The van der Waals surface area contributed by atoms with Gasteiger partial charge in [0.1, 0.15) is 5.75 Å². The molecule has 0 radical (unpaired) electrons. The Kier molecular flexibility index (Phi) is 3.39. The molecule has 3 rings (SSSR count). The minimum absolute atomic E-state index is 0.263. The molecule has 1 aliphatic rings. The van der Waals surface area contributed by atoms with E-state index < -0.39 is 0 Å². The minimum atomic E-state index is 0.263. The van der Waals surface area contributed by atoms with Crippen LogP contribution in [0.15, 0.2) is 48.5 Å². The van der Waals surface area contributed by atoms with E-state index in [0.717, 1.165) is 12.0 Å². The summed E-state index contributed by atoms with van der Waals surface area (Å²) in [7, 11) is 0. The maximum atomic E-state index is 9.70. The summed E-state index contributed by atoms with van der Waals surface area (Å²) in [4.78, 5) is 2.48. The molecule has 2 heteroatoms. The molecule has 1 aliphatic heterocycles. The predicted octanol–water partition coefficient (Wildman–Crippen LogP) is 4.29. The van der Waals surface area contributed by atoms with Crippen molar-refractivity contribution in [2.24, 2.45) is 0 Å². The van der Waals surface area contributed by atoms with Crippen LogP contribution in [0.5, 0.6) is 5.75 Å². The van der Waals surface area contributed by atoms with Crippen molar-refractivity contribution in [3.8, 4) is 5.75 Å². The third-order valence-corrected chi connectivity index (χ3v) is 4.35. The number of para-hydroxylation sites is 1. The molecule has 0 fully saturated rings. The van der Waals surface area contributed by atoms with Crippen molar-refractivity contribution < 1.29 is 5.11 Å². The van der Waals surface area contributed by atoms with Crippen molar-refractivity contribution in [1.29, 1.82) is 0 Å². The van der Waals surface area contributed by atoms with Gasteiger partial charge in [-0.05, 0) is 56.0 Å². The summed E-state index contributed by atoms with van der Waals surface area (Å²) >= 11 is 0. The van der Waals surface area contributed by atoms with Crippen LogP contribution < -0.4 is 4.90 Å². The van der Waals surface area contributed by atoms with Crippen LogP contribution in [0.25, 0.3) is 0 Å². The van der Waals surface area contributed by atoms with E-state index in [0.29, 0.717) is 11.8 Å². The van der Waals surface area contributed by atoms with E-state index in [1.165, 1.54) is 17.7 Å². The summed E-state index contributed by atoms with van der Waals surface area (Å²) in [6.45, 7) is 4.50. The van der Waals surface area contributed by atoms with Gasteiger partial charge in [-0.15, -0.1) is 0 Å². The number of aromatic hydroxyl groups is 1. The van der Waals surface area contributed by atoms with Gasteiger partial charge < -0.3 is 10.0 Å². The maximum absolute atomic E-state index is 9.70. The fraction of sp³-hybridized carbons (Fsp3) is 0.333. The molecule has 0 spiro atoms. The second-order valence-corrected chi connectivity index (χ2v) is 5.69. The largest absolute Gasteiger partial charge is 0.508 e. The van der Waals surface area contributed by atoms with Crippen molar-refractivity contribution in [2.45, 2.75) is 38.8 Å². The number of hydrogen-bond acceptors (Lipinski definition) is 2. The fourth-order valence-electron chi connectivity index (χ4n) is 3.25. The molecule has 1 N–H and O–H groups in total. The first-order chi connectivity index (χ1) is 9.66. The number of benzene rings is 2. The number of aryl methyl sites for hydroxylation is 1. The SMILES string of the molecule is CC1CCc2ccccc2N1C(C)c1cccc(O)c1. The van der Waals surface area contributed by atoms with Crippen LogP contribution in [0.1, 0.15) is 37.4 Å². The summed E-state index contributed by atoms with van der Waals surface area (Å²) in [6.07, 6.45) is 2.33. The van der Waals surface area contributed by atoms with Gasteiger partial charge in [0.2, 0.25) is 0 Å². The van der Waals surface area contributed by atoms with Crippen LogP contribution in [0.3, 0.4) is 0 Å². The monoisotopic (exact) mass is 267 g/mol. The molecule has 2 aromatic carbocycles. The molecule has 0 aromatic heterocycles. The van der Waals surface area contributed by atoms with Gasteiger partial charge in [0.15, 0.2) is 0 Å². The Labute approximate surface area is 120 Å². The average Bonchev–Trinajstić information content (AvgIpc) is 2.46. The van der Waals surface area contributed by atoms with Crippen LogP contribution in [0.2, 0.25) is 0 Å². The van der Waals surface area contributed by atoms with Gasteiger partial charge in [-0.25, -0.2) is 0 Å². The number of phenolic OH excluding ortho intramolecular Hbond substituents is 1. The van der Waals surface area contributed by atoms with Crippen molar-refractivity contribution in [3.63, 3.8) is 0 Å². The molecule has 2 aromatic rings. The molecule has 2 atom stereocenters. The normalized spacial score (nSPS) is 19.5. The lowest BCUT2D eigenvalue weighted by atomic mass is 9.93. The first-order valence-electron chi connectivity index (χ1n) is 7.32. The Morgan fingerprint density at radius 3 is 2.75 bits per heavy atom. The fourth-order valence-corrected chi connectivity index (χ4v) is 3.25. The van der Waals surface area contributed by atoms with Gasteiger partial charge in [0.05, 0.1) is 6.04 Å². The number of hydrogen-bond donors (Lipinski definition) is 1. The van der Waals surface area contributed by atoms with Crippen LogP contribution in [0, 0.1) is 0 Å². The van der Waals surface area contributed by atoms with Crippen LogP contribution in [-0.2, 0) is 6.42 Å². The van der Waals surface area contributed by atoms with Crippen LogP contribution >= 0.6 is 0 Å². The summed E-state index contributed by atoms with van der Waals surface area (Å²) in [6, 6.07) is 17.0. The molecule has 104 valence electrons. The first-order valence-corrected chi connectivity index (χ1v) is 7.32. The zero-order valence-corrected chi connectivity index (χ0v) is 12.1. The molecule has 2 nitrogen and oxygen atoms in total. The topological polar surface area (TPSA) is 23.5 Å². The predicted molar refractivity (Wildman–Crippen MR) is 83.2 cm³/mol. The van der Waals surface area contributed by atoms with Crippen molar-refractivity contribution in [3.05, 3.63) is 59.7 Å². The first kappa shape index (κ1) is 13.0. The highest BCUT2D eigenvalue weighted by molar-refractivity contribution is 5.58. The lowest BCUT2D eigenvalue weighted by Gasteiger charge is -2.41. The Balaban J connectivity index is 2.00. The van der Waals surface area contributed by atoms with Gasteiger partial charge in [0, 0.05) is 11.7 Å². The Hall–Kier alpha value is -1.96. The van der Waals surface area contributed by atoms with E-state index in [1.807, 2.05) is 12.1 Å². The van der Waals surface area contributed by atoms with Crippen LogP contribution in [-0.4, -0.2) is 11.1 Å². The summed E-state index contributed by atoms with van der Waals surface area (Å²) in [5.41, 5.74) is 3.92. The van der Waals surface area contributed by atoms with Gasteiger partial charge >= 0.3 is 0 Å². The van der Waals surface area contributed by atoms with E-state index in [-0.39, 0.29) is 6.04 Å². The highest BCUT2D eigenvalue weighted by Crippen LogP contribution is 2.37. The van der Waals surface area contributed by atoms with Gasteiger partial charge in [-0.3, -0.25) is 0 Å². The summed E-state index contributed by atoms with van der Waals surface area (Å²) in [5.74, 6) is 0.340. The second-order valence-electron chi connectivity index (χ2n) is 5.69. The van der Waals surface area contributed by atoms with Crippen LogP contribution in [0.4, 0.5) is 5.69 Å². The summed E-state index contributed by atoms with van der Waals surface area (Å²) in [5, 5.41) is 9.70. The van der Waals surface area contributed by atoms with Crippen molar-refractivity contribution in [1.82, 2.24) is 0 Å². The molecule has 0 saturated carbocycles. The van der Waals surface area contributed by atoms with E-state index in [2.05, 4.69) is 49.1 Å². The van der Waals surface area contributed by atoms with Crippen molar-refractivity contribution in [2.75, 3.05) is 4.90 Å². The Bertz CT molecular complexity index is 608. The quantitative estimate of drug-likeness (QED) is 0.877. The minimum Gasteiger partial charge on any atom is -0.508 e. The number of nitrogens with zero attached hydrogens (tertiary/aromatic N) is 1. The second kappa shape index (κ2) is 5.20. The van der Waals surface area contributed by atoms with E-state index in [9.17, 15) is 5.11 Å². The zero-order valence-electron chi connectivity index (χ0n) is 12.1. The number of rotatable bonds is 2. The number of fused-ring (bicyclic) bond motifs is 1.